The zero-order valence-electron chi connectivity index (χ0n) is 6.77. The third kappa shape index (κ3) is 2.87. The Labute approximate surface area is 81.7 Å². The van der Waals surface area contributed by atoms with Crippen LogP contribution in [0.2, 0.25) is 0 Å². The van der Waals surface area contributed by atoms with Crippen molar-refractivity contribution in [2.75, 3.05) is 0 Å². The zero-order chi connectivity index (χ0) is 9.90. The van der Waals surface area contributed by atoms with E-state index in [0.717, 1.165) is 0 Å². The monoisotopic (exact) mass is 217 g/mol. The highest BCUT2D eigenvalue weighted by molar-refractivity contribution is 8.14. The quantitative estimate of drug-likeness (QED) is 0.629. The fourth-order valence-electron chi connectivity index (χ4n) is 1.11. The largest absolute Gasteiger partial charge is 0.239 e. The van der Waals surface area contributed by atoms with Crippen molar-refractivity contribution in [3.63, 3.8) is 0 Å². The third-order valence-electron chi connectivity index (χ3n) is 1.77. The van der Waals surface area contributed by atoms with Crippen molar-refractivity contribution in [1.82, 2.24) is 0 Å². The average Bonchev–Trinajstić information content (AvgIpc) is 2.27. The van der Waals surface area contributed by atoms with E-state index >= 15 is 0 Å². The second-order valence-corrected chi connectivity index (χ2v) is 5.57. The van der Waals surface area contributed by atoms with Gasteiger partial charge in [0.15, 0.2) is 0 Å². The summed E-state index contributed by atoms with van der Waals surface area (Å²) < 4.78 is 22.0. The maximum Gasteiger partial charge on any atom is 0.239 e. The van der Waals surface area contributed by atoms with E-state index in [1.807, 2.05) is 6.07 Å². The highest BCUT2D eigenvalue weighted by Gasteiger charge is 2.21. The van der Waals surface area contributed by atoms with Gasteiger partial charge in [-0.25, -0.2) is 8.42 Å². The van der Waals surface area contributed by atoms with Gasteiger partial charge in [0.1, 0.15) is 0 Å². The summed E-state index contributed by atoms with van der Waals surface area (Å²) in [7, 11) is 1.61. The molecule has 0 saturated heterocycles. The molecule has 5 heteroatoms. The molecule has 0 aromatic carbocycles. The molecule has 1 unspecified atom stereocenters. The predicted molar refractivity (Wildman–Crippen MR) is 50.6 cm³/mol. The number of nitriles is 1. The molecule has 0 fully saturated rings. The van der Waals surface area contributed by atoms with Gasteiger partial charge in [0.2, 0.25) is 9.05 Å². The Balaban J connectivity index is 3.00. The molecule has 0 spiro atoms. The Hall–Kier alpha value is -0.790. The van der Waals surface area contributed by atoms with Crippen molar-refractivity contribution < 1.29 is 8.42 Å². The van der Waals surface area contributed by atoms with Crippen LogP contribution < -0.4 is 0 Å². The van der Waals surface area contributed by atoms with Crippen LogP contribution in [-0.4, -0.2) is 13.7 Å². The van der Waals surface area contributed by atoms with E-state index in [2.05, 4.69) is 0 Å². The summed E-state index contributed by atoms with van der Waals surface area (Å²) in [5.74, 6) is 0. The van der Waals surface area contributed by atoms with Crippen LogP contribution >= 0.6 is 10.7 Å². The summed E-state index contributed by atoms with van der Waals surface area (Å²) in [4.78, 5) is 0. The van der Waals surface area contributed by atoms with Crippen LogP contribution in [0.25, 0.3) is 0 Å². The molecule has 13 heavy (non-hydrogen) atoms. The topological polar surface area (TPSA) is 57.9 Å². The second-order valence-electron chi connectivity index (χ2n) is 2.73. The minimum atomic E-state index is -3.59. The molecule has 1 rings (SSSR count). The van der Waals surface area contributed by atoms with Gasteiger partial charge in [0.05, 0.1) is 11.3 Å². The van der Waals surface area contributed by atoms with Crippen molar-refractivity contribution in [2.24, 2.45) is 0 Å². The van der Waals surface area contributed by atoms with Crippen molar-refractivity contribution in [3.05, 3.63) is 23.8 Å². The van der Waals surface area contributed by atoms with Crippen molar-refractivity contribution in [2.45, 2.75) is 18.1 Å². The van der Waals surface area contributed by atoms with Crippen molar-refractivity contribution >= 4 is 19.7 Å². The van der Waals surface area contributed by atoms with Gasteiger partial charge in [-0.1, -0.05) is 6.08 Å². The van der Waals surface area contributed by atoms with Crippen LogP contribution in [0.1, 0.15) is 12.8 Å². The SMILES string of the molecule is N#CC1=CC(S(=O)(=O)Cl)CCC=C1. The number of allylic oxidation sites excluding steroid dienone is 3. The maximum absolute atomic E-state index is 11.0. The lowest BCUT2D eigenvalue weighted by atomic mass is 10.2. The van der Waals surface area contributed by atoms with Gasteiger partial charge in [-0.05, 0) is 25.0 Å². The minimum absolute atomic E-state index is 0.353. The molecule has 0 aromatic rings. The van der Waals surface area contributed by atoms with Crippen LogP contribution in [0, 0.1) is 11.3 Å². The number of hydrogen-bond acceptors (Lipinski definition) is 3. The van der Waals surface area contributed by atoms with E-state index in [1.54, 1.807) is 12.2 Å². The molecule has 0 heterocycles. The first-order valence-corrected chi connectivity index (χ1v) is 6.13. The molecule has 0 radical (unpaired) electrons. The molecule has 1 atom stereocenters. The van der Waals surface area contributed by atoms with Crippen molar-refractivity contribution in [1.29, 1.82) is 5.26 Å². The second kappa shape index (κ2) is 3.95. The van der Waals surface area contributed by atoms with Crippen LogP contribution in [0.4, 0.5) is 0 Å². The highest BCUT2D eigenvalue weighted by Crippen LogP contribution is 2.20. The smallest absolute Gasteiger partial charge is 0.212 e. The molecule has 3 nitrogen and oxygen atoms in total. The van der Waals surface area contributed by atoms with E-state index in [0.29, 0.717) is 18.4 Å². The van der Waals surface area contributed by atoms with Crippen LogP contribution in [-0.2, 0) is 9.05 Å². The first-order chi connectivity index (χ1) is 6.04. The Morgan fingerprint density at radius 2 is 2.31 bits per heavy atom. The predicted octanol–water partition coefficient (Wildman–Crippen LogP) is 1.72. The van der Waals surface area contributed by atoms with Gasteiger partial charge in [-0.3, -0.25) is 0 Å². The van der Waals surface area contributed by atoms with Crippen LogP contribution in [0.15, 0.2) is 23.8 Å². The van der Waals surface area contributed by atoms with E-state index in [1.165, 1.54) is 6.08 Å². The molecule has 1 aliphatic rings. The van der Waals surface area contributed by atoms with E-state index < -0.39 is 14.3 Å². The average molecular weight is 218 g/mol. The van der Waals surface area contributed by atoms with Gasteiger partial charge >= 0.3 is 0 Å². The summed E-state index contributed by atoms with van der Waals surface area (Å²) in [5, 5.41) is 7.85. The van der Waals surface area contributed by atoms with Gasteiger partial charge in [0.25, 0.3) is 0 Å². The molecule has 0 aromatic heterocycles. The Morgan fingerprint density at radius 1 is 1.62 bits per heavy atom. The van der Waals surface area contributed by atoms with Gasteiger partial charge in [-0.15, -0.1) is 0 Å². The van der Waals surface area contributed by atoms with Gasteiger partial charge in [-0.2, -0.15) is 5.26 Å². The summed E-state index contributed by atoms with van der Waals surface area (Å²) in [6, 6.07) is 1.90. The van der Waals surface area contributed by atoms with E-state index in [9.17, 15) is 8.42 Å². The molecular formula is C8H8ClNO2S. The standard InChI is InChI=1S/C8H8ClNO2S/c9-13(11,12)8-4-2-1-3-7(5-8)6-10/h1,3,5,8H,2,4H2. The maximum atomic E-state index is 11.0. The summed E-state index contributed by atoms with van der Waals surface area (Å²) in [6.45, 7) is 0. The van der Waals surface area contributed by atoms with E-state index in [-0.39, 0.29) is 0 Å². The molecular weight excluding hydrogens is 210 g/mol. The molecule has 70 valence electrons. The number of halogens is 1. The fourth-order valence-corrected chi connectivity index (χ4v) is 2.25. The number of nitrogens with zero attached hydrogens (tertiary/aromatic N) is 1. The van der Waals surface area contributed by atoms with E-state index in [4.69, 9.17) is 15.9 Å². The molecule has 1 aliphatic carbocycles. The summed E-state index contributed by atoms with van der Waals surface area (Å²) in [5.41, 5.74) is 0.353. The van der Waals surface area contributed by atoms with Crippen LogP contribution in [0.5, 0.6) is 0 Å². The zero-order valence-corrected chi connectivity index (χ0v) is 8.35. The Kier molecular flexibility index (Phi) is 3.12. The Bertz CT molecular complexity index is 389. The first-order valence-electron chi connectivity index (χ1n) is 3.76. The molecule has 0 N–H and O–H groups in total. The molecule has 0 aliphatic heterocycles. The van der Waals surface area contributed by atoms with Crippen molar-refractivity contribution in [3.8, 4) is 6.07 Å². The normalized spacial score (nSPS) is 23.1. The molecule has 0 saturated carbocycles. The fraction of sp³-hybridized carbons (Fsp3) is 0.375. The third-order valence-corrected chi connectivity index (χ3v) is 3.55. The lowest BCUT2D eigenvalue weighted by Crippen LogP contribution is -2.12. The van der Waals surface area contributed by atoms with Gasteiger partial charge < -0.3 is 0 Å². The first kappa shape index (κ1) is 10.3. The number of rotatable bonds is 1. The lowest BCUT2D eigenvalue weighted by molar-refractivity contribution is 0.599. The number of hydrogen-bond donors (Lipinski definition) is 0. The molecule has 0 amide bonds. The Morgan fingerprint density at radius 3 is 2.85 bits per heavy atom. The van der Waals surface area contributed by atoms with Gasteiger partial charge in [0, 0.05) is 16.3 Å². The summed E-state index contributed by atoms with van der Waals surface area (Å²) >= 11 is 0. The van der Waals surface area contributed by atoms with Crippen LogP contribution in [0.3, 0.4) is 0 Å². The minimum Gasteiger partial charge on any atom is -0.212 e. The lowest BCUT2D eigenvalue weighted by Gasteiger charge is -2.04. The molecule has 0 bridgehead atoms. The summed E-state index contributed by atoms with van der Waals surface area (Å²) in [6.07, 6.45) is 5.84. The highest BCUT2D eigenvalue weighted by atomic mass is 35.7.